The van der Waals surface area contributed by atoms with Crippen molar-refractivity contribution in [1.29, 1.82) is 0 Å². The Morgan fingerprint density at radius 3 is 2.29 bits per heavy atom. The summed E-state index contributed by atoms with van der Waals surface area (Å²) in [5.41, 5.74) is 2.97. The summed E-state index contributed by atoms with van der Waals surface area (Å²) < 4.78 is 0. The third kappa shape index (κ3) is 1.51. The van der Waals surface area contributed by atoms with E-state index in [4.69, 9.17) is 0 Å². The predicted molar refractivity (Wildman–Crippen MR) is 75.5 cm³/mol. The lowest BCUT2D eigenvalue weighted by Gasteiger charge is -2.13. The summed E-state index contributed by atoms with van der Waals surface area (Å²) in [5.74, 6) is 0. The van der Waals surface area contributed by atoms with E-state index in [-0.39, 0.29) is 0 Å². The van der Waals surface area contributed by atoms with Crippen molar-refractivity contribution >= 4 is 22.9 Å². The monoisotopic (exact) mass is 222 g/mol. The number of benzene rings is 2. The zero-order valence-electron chi connectivity index (χ0n) is 10.6. The van der Waals surface area contributed by atoms with Crippen LogP contribution < -0.4 is 10.4 Å². The summed E-state index contributed by atoms with van der Waals surface area (Å²) in [5, 5.41) is 5.84. The Morgan fingerprint density at radius 2 is 1.59 bits per heavy atom. The SMILES string of the molecule is CCc1c2c(c(C)c3ccccc13)=CCCC=2. The molecule has 0 fully saturated rings. The molecule has 2 aromatic carbocycles. The van der Waals surface area contributed by atoms with Gasteiger partial charge in [-0.25, -0.2) is 0 Å². The molecule has 0 amide bonds. The normalized spacial score (nSPS) is 14.0. The zero-order valence-corrected chi connectivity index (χ0v) is 10.6. The molecule has 0 heteroatoms. The quantitative estimate of drug-likeness (QED) is 0.695. The topological polar surface area (TPSA) is 0 Å². The molecule has 0 N–H and O–H groups in total. The van der Waals surface area contributed by atoms with Crippen molar-refractivity contribution in [3.63, 3.8) is 0 Å². The first-order valence-corrected chi connectivity index (χ1v) is 6.53. The highest BCUT2D eigenvalue weighted by Crippen LogP contribution is 2.18. The maximum Gasteiger partial charge on any atom is -0.0143 e. The first-order valence-electron chi connectivity index (χ1n) is 6.53. The van der Waals surface area contributed by atoms with Gasteiger partial charge >= 0.3 is 0 Å². The fraction of sp³-hybridized carbons (Fsp3) is 0.294. The fourth-order valence-electron chi connectivity index (χ4n) is 3.06. The van der Waals surface area contributed by atoms with Crippen LogP contribution in [0.4, 0.5) is 0 Å². The third-order valence-electron chi connectivity index (χ3n) is 3.89. The molecule has 0 heterocycles. The average molecular weight is 222 g/mol. The molecular weight excluding hydrogens is 204 g/mol. The molecule has 1 aliphatic carbocycles. The highest BCUT2D eigenvalue weighted by molar-refractivity contribution is 5.89. The van der Waals surface area contributed by atoms with E-state index in [0.29, 0.717) is 0 Å². The van der Waals surface area contributed by atoms with Crippen LogP contribution in [0.15, 0.2) is 24.3 Å². The second-order valence-corrected chi connectivity index (χ2v) is 4.82. The Balaban J connectivity index is 2.63. The minimum Gasteiger partial charge on any atom is -0.0761 e. The van der Waals surface area contributed by atoms with Gasteiger partial charge in [0.2, 0.25) is 0 Å². The molecule has 0 bridgehead atoms. The van der Waals surface area contributed by atoms with Gasteiger partial charge in [0.1, 0.15) is 0 Å². The Bertz CT molecular complexity index is 690. The molecule has 0 aliphatic heterocycles. The maximum atomic E-state index is 2.42. The van der Waals surface area contributed by atoms with Crippen LogP contribution in [0, 0.1) is 6.92 Å². The van der Waals surface area contributed by atoms with Gasteiger partial charge in [0, 0.05) is 0 Å². The van der Waals surface area contributed by atoms with E-state index in [9.17, 15) is 0 Å². The van der Waals surface area contributed by atoms with Gasteiger partial charge in [0.05, 0.1) is 0 Å². The molecule has 0 unspecified atom stereocenters. The minimum absolute atomic E-state index is 1.12. The van der Waals surface area contributed by atoms with Gasteiger partial charge in [0.25, 0.3) is 0 Å². The molecule has 0 atom stereocenters. The summed E-state index contributed by atoms with van der Waals surface area (Å²) in [6.07, 6.45) is 8.34. The van der Waals surface area contributed by atoms with Gasteiger partial charge in [-0.3, -0.25) is 0 Å². The zero-order chi connectivity index (χ0) is 11.8. The lowest BCUT2D eigenvalue weighted by atomic mass is 9.91. The number of rotatable bonds is 1. The van der Waals surface area contributed by atoms with Crippen LogP contribution in [0.5, 0.6) is 0 Å². The number of hydrogen-bond acceptors (Lipinski definition) is 0. The smallest absolute Gasteiger partial charge is 0.0143 e. The van der Waals surface area contributed by atoms with Gasteiger partial charge in [-0.15, -0.1) is 0 Å². The molecule has 3 rings (SSSR count). The van der Waals surface area contributed by atoms with Crippen molar-refractivity contribution in [3.8, 4) is 0 Å². The van der Waals surface area contributed by atoms with Crippen LogP contribution in [-0.4, -0.2) is 0 Å². The molecule has 86 valence electrons. The van der Waals surface area contributed by atoms with Crippen molar-refractivity contribution in [2.24, 2.45) is 0 Å². The molecule has 0 radical (unpaired) electrons. The Kier molecular flexibility index (Phi) is 2.51. The van der Waals surface area contributed by atoms with E-state index in [1.165, 1.54) is 45.2 Å². The lowest BCUT2D eigenvalue weighted by Crippen LogP contribution is -2.33. The van der Waals surface area contributed by atoms with Gasteiger partial charge in [-0.2, -0.15) is 0 Å². The maximum absolute atomic E-state index is 2.42. The summed E-state index contributed by atoms with van der Waals surface area (Å²) in [6.45, 7) is 4.52. The summed E-state index contributed by atoms with van der Waals surface area (Å²) in [6, 6.07) is 8.82. The Labute approximate surface area is 102 Å². The number of fused-ring (bicyclic) bond motifs is 2. The minimum atomic E-state index is 1.12. The van der Waals surface area contributed by atoms with E-state index < -0.39 is 0 Å². The van der Waals surface area contributed by atoms with Gasteiger partial charge in [-0.05, 0) is 58.5 Å². The van der Waals surface area contributed by atoms with Crippen LogP contribution >= 0.6 is 0 Å². The van der Waals surface area contributed by atoms with E-state index in [0.717, 1.165) is 6.42 Å². The fourth-order valence-corrected chi connectivity index (χ4v) is 3.06. The predicted octanol–water partition coefficient (Wildman–Crippen LogP) is 3.07. The van der Waals surface area contributed by atoms with Crippen LogP contribution in [-0.2, 0) is 6.42 Å². The molecular formula is C17H18. The summed E-state index contributed by atoms with van der Waals surface area (Å²) in [4.78, 5) is 0. The summed E-state index contributed by atoms with van der Waals surface area (Å²) in [7, 11) is 0. The van der Waals surface area contributed by atoms with Crippen LogP contribution in [0.3, 0.4) is 0 Å². The van der Waals surface area contributed by atoms with Crippen molar-refractivity contribution < 1.29 is 0 Å². The first-order chi connectivity index (χ1) is 8.33. The second kappa shape index (κ2) is 4.03. The highest BCUT2D eigenvalue weighted by Gasteiger charge is 2.08. The Morgan fingerprint density at radius 1 is 0.941 bits per heavy atom. The van der Waals surface area contributed by atoms with Crippen LogP contribution in [0.2, 0.25) is 0 Å². The molecule has 1 aliphatic rings. The van der Waals surface area contributed by atoms with Crippen molar-refractivity contribution in [2.45, 2.75) is 33.1 Å². The van der Waals surface area contributed by atoms with E-state index in [1.54, 1.807) is 0 Å². The van der Waals surface area contributed by atoms with Gasteiger partial charge < -0.3 is 0 Å². The largest absolute Gasteiger partial charge is 0.0761 e. The van der Waals surface area contributed by atoms with Gasteiger partial charge in [0.15, 0.2) is 0 Å². The molecule has 2 aromatic rings. The first kappa shape index (κ1) is 10.6. The second-order valence-electron chi connectivity index (χ2n) is 4.82. The molecule has 0 saturated heterocycles. The molecule has 0 spiro atoms. The van der Waals surface area contributed by atoms with Crippen LogP contribution in [0.25, 0.3) is 22.9 Å². The molecule has 17 heavy (non-hydrogen) atoms. The van der Waals surface area contributed by atoms with Crippen LogP contribution in [0.1, 0.15) is 30.9 Å². The average Bonchev–Trinajstić information content (AvgIpc) is 2.40. The van der Waals surface area contributed by atoms with Crippen molar-refractivity contribution in [2.75, 3.05) is 0 Å². The Hall–Kier alpha value is -1.56. The van der Waals surface area contributed by atoms with Crippen molar-refractivity contribution in [1.82, 2.24) is 0 Å². The van der Waals surface area contributed by atoms with Crippen molar-refractivity contribution in [3.05, 3.63) is 45.8 Å². The standard InChI is InChI=1S/C17H18/c1-3-13-16-10-6-4-8-14(16)12(2)15-9-5-7-11-17(13)15/h4,6,8-11H,3,5,7H2,1-2H3. The van der Waals surface area contributed by atoms with E-state index >= 15 is 0 Å². The van der Waals surface area contributed by atoms with E-state index in [1.807, 2.05) is 0 Å². The molecule has 0 aromatic heterocycles. The number of hydrogen-bond donors (Lipinski definition) is 0. The third-order valence-corrected chi connectivity index (χ3v) is 3.89. The summed E-state index contributed by atoms with van der Waals surface area (Å²) >= 11 is 0. The highest BCUT2D eigenvalue weighted by atomic mass is 14.1. The molecule has 0 saturated carbocycles. The van der Waals surface area contributed by atoms with Gasteiger partial charge in [-0.1, -0.05) is 43.3 Å². The lowest BCUT2D eigenvalue weighted by molar-refractivity contribution is 1.07. The number of aryl methyl sites for hydroxylation is 2. The molecule has 0 nitrogen and oxygen atoms in total. The van der Waals surface area contributed by atoms with E-state index in [2.05, 4.69) is 50.3 Å².